The lowest BCUT2D eigenvalue weighted by atomic mass is 9.99. The van der Waals surface area contributed by atoms with E-state index in [0.29, 0.717) is 33.4 Å². The Kier molecular flexibility index (Phi) is 3.84. The molecule has 0 radical (unpaired) electrons. The molecule has 7 heteroatoms. The first-order valence-corrected chi connectivity index (χ1v) is 6.91. The van der Waals surface area contributed by atoms with Crippen LogP contribution < -0.4 is 10.5 Å². The first kappa shape index (κ1) is 15.8. The second-order valence-corrected chi connectivity index (χ2v) is 4.96. The summed E-state index contributed by atoms with van der Waals surface area (Å²) < 4.78 is 40.6. The van der Waals surface area contributed by atoms with Crippen LogP contribution in [0.15, 0.2) is 49.3 Å². The number of fused-ring (bicyclic) bond motifs is 1. The van der Waals surface area contributed by atoms with Crippen LogP contribution in [0.1, 0.15) is 5.56 Å². The molecular weight excluding hydrogens is 319 g/mol. The number of alkyl halides is 3. The Morgan fingerprint density at radius 1 is 1.04 bits per heavy atom. The zero-order chi connectivity index (χ0) is 17.3. The molecule has 24 heavy (non-hydrogen) atoms. The Labute approximate surface area is 135 Å². The molecule has 2 aromatic carbocycles. The molecule has 3 rings (SSSR count). The van der Waals surface area contributed by atoms with Gasteiger partial charge in [0.15, 0.2) is 0 Å². The Hall–Kier alpha value is -3.09. The average molecular weight is 331 g/mol. The summed E-state index contributed by atoms with van der Waals surface area (Å²) in [7, 11) is 0. The van der Waals surface area contributed by atoms with E-state index in [1.165, 1.54) is 30.5 Å². The van der Waals surface area contributed by atoms with Crippen LogP contribution >= 0.6 is 0 Å². The van der Waals surface area contributed by atoms with Gasteiger partial charge >= 0.3 is 6.36 Å². The molecule has 0 saturated heterocycles. The summed E-state index contributed by atoms with van der Waals surface area (Å²) in [6, 6.07) is 7.20. The van der Waals surface area contributed by atoms with Gasteiger partial charge in [-0.05, 0) is 23.8 Å². The third-order valence-electron chi connectivity index (χ3n) is 3.42. The van der Waals surface area contributed by atoms with Crippen molar-refractivity contribution in [2.75, 3.05) is 5.73 Å². The summed E-state index contributed by atoms with van der Waals surface area (Å²) in [5.74, 6) is -0.294. The first-order valence-electron chi connectivity index (χ1n) is 6.91. The minimum atomic E-state index is -4.73. The third-order valence-corrected chi connectivity index (χ3v) is 3.42. The predicted molar refractivity (Wildman–Crippen MR) is 86.2 cm³/mol. The van der Waals surface area contributed by atoms with E-state index in [4.69, 9.17) is 5.73 Å². The van der Waals surface area contributed by atoms with E-state index in [2.05, 4.69) is 21.3 Å². The van der Waals surface area contributed by atoms with E-state index in [1.54, 1.807) is 18.3 Å². The Morgan fingerprint density at radius 2 is 1.67 bits per heavy atom. The number of hydrogen-bond donors (Lipinski definition) is 1. The number of nitrogens with zero attached hydrogens (tertiary/aromatic N) is 2. The molecule has 4 nitrogen and oxygen atoms in total. The lowest BCUT2D eigenvalue weighted by Crippen LogP contribution is -2.16. The number of ether oxygens (including phenoxy) is 1. The molecule has 0 amide bonds. The van der Waals surface area contributed by atoms with Gasteiger partial charge in [-0.2, -0.15) is 0 Å². The average Bonchev–Trinajstić information content (AvgIpc) is 2.53. The molecule has 0 aliphatic carbocycles. The van der Waals surface area contributed by atoms with E-state index >= 15 is 0 Å². The Bertz CT molecular complexity index is 905. The maximum absolute atomic E-state index is 12.2. The highest BCUT2D eigenvalue weighted by atomic mass is 19.4. The maximum Gasteiger partial charge on any atom is 0.573 e. The molecule has 0 fully saturated rings. The van der Waals surface area contributed by atoms with Crippen molar-refractivity contribution in [1.29, 1.82) is 0 Å². The summed E-state index contributed by atoms with van der Waals surface area (Å²) >= 11 is 0. The summed E-state index contributed by atoms with van der Waals surface area (Å²) in [6.07, 6.45) is -0.0546. The fourth-order valence-corrected chi connectivity index (χ4v) is 2.44. The second-order valence-electron chi connectivity index (χ2n) is 4.96. The number of aromatic nitrogens is 2. The molecule has 0 atom stereocenters. The van der Waals surface area contributed by atoms with Gasteiger partial charge in [0, 0.05) is 29.2 Å². The number of nitrogens with two attached hydrogens (primary N) is 1. The van der Waals surface area contributed by atoms with Crippen molar-refractivity contribution in [1.82, 2.24) is 9.97 Å². The van der Waals surface area contributed by atoms with Gasteiger partial charge in [-0.15, -0.1) is 13.2 Å². The van der Waals surface area contributed by atoms with Gasteiger partial charge in [0.1, 0.15) is 5.75 Å². The van der Waals surface area contributed by atoms with Crippen molar-refractivity contribution >= 4 is 22.8 Å². The van der Waals surface area contributed by atoms with Gasteiger partial charge < -0.3 is 10.5 Å². The molecule has 122 valence electrons. The number of hydrogen-bond acceptors (Lipinski definition) is 4. The molecule has 0 aliphatic heterocycles. The molecule has 0 aliphatic rings. The molecule has 1 aromatic heterocycles. The van der Waals surface area contributed by atoms with E-state index in [1.807, 2.05) is 0 Å². The summed E-state index contributed by atoms with van der Waals surface area (Å²) in [5.41, 5.74) is 9.65. The highest BCUT2D eigenvalue weighted by Crippen LogP contribution is 2.34. The Balaban J connectivity index is 2.11. The second kappa shape index (κ2) is 5.84. The Morgan fingerprint density at radius 3 is 2.25 bits per heavy atom. The van der Waals surface area contributed by atoms with Crippen molar-refractivity contribution in [3.8, 4) is 16.9 Å². The molecule has 1 heterocycles. The van der Waals surface area contributed by atoms with Crippen LogP contribution in [0, 0.1) is 0 Å². The number of nitrogen functional groups attached to an aromatic ring is 1. The molecule has 2 N–H and O–H groups in total. The van der Waals surface area contributed by atoms with Crippen LogP contribution in [0.4, 0.5) is 18.9 Å². The van der Waals surface area contributed by atoms with Crippen molar-refractivity contribution in [3.63, 3.8) is 0 Å². The standard InChI is InChI=1S/C17H12F3N3O/c1-2-12-14(21)9-13(16-15(12)22-7-8-23-16)10-3-5-11(6-4-10)24-17(18,19)20/h2-9H,1,21H2. The van der Waals surface area contributed by atoms with Gasteiger partial charge in [-0.3, -0.25) is 9.97 Å². The quantitative estimate of drug-likeness (QED) is 0.722. The number of anilines is 1. The largest absolute Gasteiger partial charge is 0.573 e. The molecule has 0 bridgehead atoms. The van der Waals surface area contributed by atoms with Crippen molar-refractivity contribution in [3.05, 3.63) is 54.9 Å². The third kappa shape index (κ3) is 3.01. The van der Waals surface area contributed by atoms with Crippen LogP contribution in [0.2, 0.25) is 0 Å². The van der Waals surface area contributed by atoms with Gasteiger partial charge in [-0.25, -0.2) is 0 Å². The van der Waals surface area contributed by atoms with Gasteiger partial charge in [0.25, 0.3) is 0 Å². The molecular formula is C17H12F3N3O. The summed E-state index contributed by atoms with van der Waals surface area (Å²) in [6.45, 7) is 3.72. The SMILES string of the molecule is C=Cc1c(N)cc(-c2ccc(OC(F)(F)F)cc2)c2nccnc12. The van der Waals surface area contributed by atoms with E-state index < -0.39 is 6.36 Å². The van der Waals surface area contributed by atoms with E-state index in [-0.39, 0.29) is 5.75 Å². The number of rotatable bonds is 3. The number of halogens is 3. The topological polar surface area (TPSA) is 61.0 Å². The first-order chi connectivity index (χ1) is 11.4. The lowest BCUT2D eigenvalue weighted by molar-refractivity contribution is -0.274. The van der Waals surface area contributed by atoms with Crippen molar-refractivity contribution in [2.45, 2.75) is 6.36 Å². The minimum absolute atomic E-state index is 0.294. The van der Waals surface area contributed by atoms with Crippen LogP contribution in [-0.2, 0) is 0 Å². The van der Waals surface area contributed by atoms with Gasteiger partial charge in [0.2, 0.25) is 0 Å². The maximum atomic E-state index is 12.2. The predicted octanol–water partition coefficient (Wildman–Crippen LogP) is 4.42. The normalized spacial score (nSPS) is 11.5. The number of benzene rings is 2. The minimum Gasteiger partial charge on any atom is -0.406 e. The summed E-state index contributed by atoms with van der Waals surface area (Å²) in [4.78, 5) is 8.59. The molecule has 0 spiro atoms. The fourth-order valence-electron chi connectivity index (χ4n) is 2.44. The van der Waals surface area contributed by atoms with Crippen LogP contribution in [-0.4, -0.2) is 16.3 Å². The van der Waals surface area contributed by atoms with Crippen LogP contribution in [0.5, 0.6) is 5.75 Å². The van der Waals surface area contributed by atoms with E-state index in [0.717, 1.165) is 0 Å². The van der Waals surface area contributed by atoms with Crippen molar-refractivity contribution < 1.29 is 17.9 Å². The van der Waals surface area contributed by atoms with E-state index in [9.17, 15) is 13.2 Å². The molecule has 0 unspecified atom stereocenters. The molecule has 3 aromatic rings. The van der Waals surface area contributed by atoms with Gasteiger partial charge in [0.05, 0.1) is 11.0 Å². The monoisotopic (exact) mass is 331 g/mol. The summed E-state index contributed by atoms with van der Waals surface area (Å²) in [5, 5.41) is 0. The zero-order valence-corrected chi connectivity index (χ0v) is 12.3. The molecule has 0 saturated carbocycles. The van der Waals surface area contributed by atoms with Crippen LogP contribution in [0.3, 0.4) is 0 Å². The lowest BCUT2D eigenvalue weighted by Gasteiger charge is -2.12. The van der Waals surface area contributed by atoms with Crippen LogP contribution in [0.25, 0.3) is 28.2 Å². The highest BCUT2D eigenvalue weighted by Gasteiger charge is 2.31. The van der Waals surface area contributed by atoms with Gasteiger partial charge in [-0.1, -0.05) is 24.8 Å². The van der Waals surface area contributed by atoms with Crippen molar-refractivity contribution in [2.24, 2.45) is 0 Å². The fraction of sp³-hybridized carbons (Fsp3) is 0.0588. The smallest absolute Gasteiger partial charge is 0.406 e. The zero-order valence-electron chi connectivity index (χ0n) is 12.3. The highest BCUT2D eigenvalue weighted by molar-refractivity contribution is 6.00.